The van der Waals surface area contributed by atoms with E-state index in [-0.39, 0.29) is 74.2 Å². The predicted octanol–water partition coefficient (Wildman–Crippen LogP) is -3.35. The van der Waals surface area contributed by atoms with Crippen molar-refractivity contribution in [3.05, 3.63) is 46.5 Å². The van der Waals surface area contributed by atoms with Crippen molar-refractivity contribution in [3.63, 3.8) is 0 Å². The quantitative estimate of drug-likeness (QED) is 0.146. The predicted molar refractivity (Wildman–Crippen MR) is 123 cm³/mol. The Balaban J connectivity index is 0.00000342. The van der Waals surface area contributed by atoms with Gasteiger partial charge in [-0.2, -0.15) is 0 Å². The summed E-state index contributed by atoms with van der Waals surface area (Å²) in [4.78, 5) is 59.4. The van der Waals surface area contributed by atoms with Crippen molar-refractivity contribution in [2.24, 2.45) is 5.16 Å². The number of carbonyl (C=O) groups is 4. The van der Waals surface area contributed by atoms with Crippen LogP contribution in [0.25, 0.3) is 0 Å². The average molecular weight is 546 g/mol. The van der Waals surface area contributed by atoms with Gasteiger partial charge in [-0.3, -0.25) is 19.3 Å². The van der Waals surface area contributed by atoms with Crippen LogP contribution in [0.3, 0.4) is 0 Å². The molecule has 2 aromatic heterocycles. The first-order valence-electron chi connectivity index (χ1n) is 9.53. The largest absolute Gasteiger partial charge is 1.00 e. The maximum Gasteiger partial charge on any atom is 1.00 e. The first-order valence-corrected chi connectivity index (χ1v) is 12.4. The Morgan fingerprint density at radius 2 is 2.23 bits per heavy atom. The van der Waals surface area contributed by atoms with Crippen molar-refractivity contribution >= 4 is 68.6 Å². The Kier molecular flexibility index (Phi) is 9.06. The first kappa shape index (κ1) is 27.3. The zero-order valence-corrected chi connectivity index (χ0v) is 22.8. The third-order valence-corrected chi connectivity index (χ3v) is 7.76. The topological polar surface area (TPSA) is 180 Å². The number of rotatable bonds is 8. The molecule has 1 fully saturated rings. The Labute approximate surface area is 233 Å². The fourth-order valence-electron chi connectivity index (χ4n) is 3.30. The van der Waals surface area contributed by atoms with Crippen LogP contribution in [0.15, 0.2) is 44.6 Å². The second-order valence-corrected chi connectivity index (χ2v) is 9.79. The van der Waals surface area contributed by atoms with Gasteiger partial charge in [0.05, 0.1) is 17.9 Å². The summed E-state index contributed by atoms with van der Waals surface area (Å²) in [6, 6.07) is 2.08. The van der Waals surface area contributed by atoms with Gasteiger partial charge in [-0.25, -0.2) is 4.98 Å². The number of oxime groups is 1. The Morgan fingerprint density at radius 1 is 1.46 bits per heavy atom. The number of aliphatic carboxylic acids is 1. The SMILES string of the molecule is CO/N=C(\C(=O)NC1C(=O)N2C(C(=O)[O-])=C(CSC(=O)c3ccco3)CS[C@H]12)c1csc(N)n1.[Na+]. The Bertz CT molecular complexity index is 1210. The van der Waals surface area contributed by atoms with E-state index >= 15 is 0 Å². The van der Waals surface area contributed by atoms with E-state index in [1.54, 1.807) is 6.07 Å². The maximum absolute atomic E-state index is 12.8. The summed E-state index contributed by atoms with van der Waals surface area (Å²) in [6.45, 7) is 0. The number of aromatic nitrogens is 1. The van der Waals surface area contributed by atoms with Crippen LogP contribution in [0.4, 0.5) is 5.13 Å². The van der Waals surface area contributed by atoms with Crippen molar-refractivity contribution in [1.82, 2.24) is 15.2 Å². The summed E-state index contributed by atoms with van der Waals surface area (Å²) in [5, 5.41) is 18.8. The molecule has 4 heterocycles. The number of nitrogens with one attached hydrogen (secondary N) is 1. The van der Waals surface area contributed by atoms with Crippen LogP contribution in [-0.2, 0) is 19.2 Å². The molecule has 2 aromatic rings. The van der Waals surface area contributed by atoms with Crippen LogP contribution in [-0.4, -0.2) is 68.5 Å². The summed E-state index contributed by atoms with van der Waals surface area (Å²) in [5.41, 5.74) is 5.68. The van der Waals surface area contributed by atoms with Crippen molar-refractivity contribution in [2.45, 2.75) is 11.4 Å². The zero-order valence-electron chi connectivity index (χ0n) is 18.4. The van der Waals surface area contributed by atoms with Crippen molar-refractivity contribution in [2.75, 3.05) is 24.3 Å². The van der Waals surface area contributed by atoms with Crippen molar-refractivity contribution in [1.29, 1.82) is 0 Å². The van der Waals surface area contributed by atoms with Crippen LogP contribution >= 0.6 is 34.9 Å². The molecule has 0 spiro atoms. The van der Waals surface area contributed by atoms with Gasteiger partial charge >= 0.3 is 29.6 Å². The van der Waals surface area contributed by atoms with Crippen LogP contribution in [0.5, 0.6) is 0 Å². The Hall–Kier alpha value is -2.30. The molecule has 1 unspecified atom stereocenters. The number of hydrogen-bond acceptors (Lipinski definition) is 13. The fraction of sp³-hybridized carbons (Fsp3) is 0.263. The summed E-state index contributed by atoms with van der Waals surface area (Å²) in [5.74, 6) is -2.48. The van der Waals surface area contributed by atoms with E-state index in [1.807, 2.05) is 0 Å². The molecule has 35 heavy (non-hydrogen) atoms. The number of hydrogen-bond donors (Lipinski definition) is 2. The molecule has 1 saturated heterocycles. The third kappa shape index (κ3) is 5.59. The van der Waals surface area contributed by atoms with Gasteiger partial charge in [-0.05, 0) is 17.7 Å². The molecule has 2 atom stereocenters. The molecule has 4 rings (SSSR count). The summed E-state index contributed by atoms with van der Waals surface area (Å²) < 4.78 is 5.04. The van der Waals surface area contributed by atoms with Gasteiger partial charge < -0.3 is 30.2 Å². The third-order valence-electron chi connectivity index (χ3n) is 4.79. The number of amides is 2. The van der Waals surface area contributed by atoms with Gasteiger partial charge in [0.25, 0.3) is 16.9 Å². The Morgan fingerprint density at radius 3 is 2.83 bits per heavy atom. The summed E-state index contributed by atoms with van der Waals surface area (Å²) in [7, 11) is 1.25. The monoisotopic (exact) mass is 545 g/mol. The maximum atomic E-state index is 12.8. The van der Waals surface area contributed by atoms with E-state index in [4.69, 9.17) is 15.0 Å². The van der Waals surface area contributed by atoms with Gasteiger partial charge in [0.15, 0.2) is 16.6 Å². The molecule has 0 aromatic carbocycles. The van der Waals surface area contributed by atoms with E-state index < -0.39 is 29.2 Å². The molecule has 178 valence electrons. The van der Waals surface area contributed by atoms with E-state index in [0.717, 1.165) is 28.0 Å². The second-order valence-electron chi connectivity index (χ2n) is 6.85. The first-order chi connectivity index (χ1) is 16.3. The fourth-order valence-corrected chi connectivity index (χ4v) is 6.13. The van der Waals surface area contributed by atoms with Crippen LogP contribution in [0.1, 0.15) is 16.2 Å². The molecule has 16 heteroatoms. The molecule has 12 nitrogen and oxygen atoms in total. The average Bonchev–Trinajstić information content (AvgIpc) is 3.50. The molecule has 0 bridgehead atoms. The number of nitrogens with two attached hydrogens (primary N) is 1. The summed E-state index contributed by atoms with van der Waals surface area (Å²) in [6.07, 6.45) is 1.36. The van der Waals surface area contributed by atoms with E-state index in [1.165, 1.54) is 36.6 Å². The molecule has 0 aliphatic carbocycles. The van der Waals surface area contributed by atoms with Crippen LogP contribution in [0.2, 0.25) is 0 Å². The number of fused-ring (bicyclic) bond motifs is 1. The number of nitrogen functional groups attached to an aromatic ring is 1. The van der Waals surface area contributed by atoms with Crippen LogP contribution in [0, 0.1) is 0 Å². The molecule has 0 radical (unpaired) electrons. The van der Waals surface area contributed by atoms with Crippen LogP contribution < -0.4 is 45.7 Å². The number of nitrogens with zero attached hydrogens (tertiary/aromatic N) is 3. The molecule has 2 aliphatic rings. The molecular weight excluding hydrogens is 529 g/mol. The molecule has 2 aliphatic heterocycles. The van der Waals surface area contributed by atoms with Gasteiger partial charge in [0.1, 0.15) is 24.2 Å². The van der Waals surface area contributed by atoms with E-state index in [2.05, 4.69) is 15.5 Å². The standard InChI is InChI=1S/C19H17N5O7S3.Na/c1-30-23-11(9-7-34-19(20)21-9)14(25)22-12-15(26)24-13(17(27)28)8(5-32-16(12)24)6-33-18(29)10-3-2-4-31-10;/h2-4,7,12,16H,5-6H2,1H3,(H2,20,21)(H,22,25)(H,27,28);/q;+1/p-1/b23-11-;/t12?,16-;/m1./s1. The molecule has 0 saturated carbocycles. The summed E-state index contributed by atoms with van der Waals surface area (Å²) >= 11 is 3.22. The number of carbonyl (C=O) groups excluding carboxylic acids is 4. The van der Waals surface area contributed by atoms with Gasteiger partial charge in [0.2, 0.25) is 0 Å². The number of anilines is 1. The van der Waals surface area contributed by atoms with Gasteiger partial charge in [-0.15, -0.1) is 23.1 Å². The minimum atomic E-state index is -1.54. The number of thiazole rings is 1. The number of thioether (sulfide) groups is 2. The van der Waals surface area contributed by atoms with Gasteiger partial charge in [0, 0.05) is 16.9 Å². The van der Waals surface area contributed by atoms with Crippen molar-refractivity contribution in [3.8, 4) is 0 Å². The normalized spacial score (nSPS) is 19.4. The number of β-lactam (4-membered cyclic amide) rings is 1. The smallest absolute Gasteiger partial charge is 0.543 e. The number of furan rings is 1. The number of carboxylic acids is 1. The van der Waals surface area contributed by atoms with Crippen molar-refractivity contribution < 1.29 is 63.1 Å². The number of carboxylic acid groups (broad SMARTS) is 1. The second kappa shape index (κ2) is 11.6. The van der Waals surface area contributed by atoms with Gasteiger partial charge in [-0.1, -0.05) is 16.9 Å². The zero-order chi connectivity index (χ0) is 24.4. The minimum Gasteiger partial charge on any atom is -0.543 e. The minimum absolute atomic E-state index is 0. The van der Waals surface area contributed by atoms with E-state index in [9.17, 15) is 24.3 Å². The van der Waals surface area contributed by atoms with E-state index in [0.29, 0.717) is 5.57 Å². The molecule has 2 amide bonds. The molecular formula is C19H16N5NaO7S3. The molecule has 3 N–H and O–H groups in total.